The van der Waals surface area contributed by atoms with Crippen molar-refractivity contribution in [1.29, 1.82) is 0 Å². The lowest BCUT2D eigenvalue weighted by atomic mass is 9.50. The van der Waals surface area contributed by atoms with Gasteiger partial charge in [0.25, 0.3) is 0 Å². The number of likely N-dealkylation sites (tertiary alicyclic amines) is 1. The number of carbonyl (C=O) groups excluding carboxylic acids is 3. The van der Waals surface area contributed by atoms with E-state index in [9.17, 15) is 29.4 Å². The molecule has 0 saturated carbocycles. The Hall–Kier alpha value is -3.64. The van der Waals surface area contributed by atoms with Gasteiger partial charge >= 0.3 is 23.9 Å². The Morgan fingerprint density at radius 2 is 1.95 bits per heavy atom. The van der Waals surface area contributed by atoms with Crippen LogP contribution in [0.5, 0.6) is 11.5 Å². The first kappa shape index (κ1) is 26.0. The number of aliphatic hydroxyl groups is 1. The monoisotopic (exact) mass is 531 g/mol. The number of nitrogens with zero attached hydrogens (tertiary/aromatic N) is 1. The molecule has 1 aromatic rings. The number of piperidine rings is 1. The minimum Gasteiger partial charge on any atom is -0.504 e. The molecular weight excluding hydrogens is 502 g/mol. The number of hydrogen-bond donors (Lipinski definition) is 3. The van der Waals surface area contributed by atoms with Gasteiger partial charge in [-0.3, -0.25) is 9.59 Å². The molecule has 0 aromatic heterocycles. The molecule has 4 aliphatic rings. The number of phenolic OH excluding ortho intramolecular Hbond substituents is 1. The number of hydrogen-bond acceptors (Lipinski definition) is 11. The first-order chi connectivity index (χ1) is 17.9. The van der Waals surface area contributed by atoms with Crippen molar-refractivity contribution in [2.75, 3.05) is 13.6 Å². The molecule has 204 valence electrons. The average Bonchev–Trinajstić information content (AvgIpc) is 3.19. The summed E-state index contributed by atoms with van der Waals surface area (Å²) in [6, 6.07) is 3.16. The van der Waals surface area contributed by atoms with Gasteiger partial charge in [0.2, 0.25) is 6.10 Å². The maximum Gasteiger partial charge on any atom is 0.352 e. The highest BCUT2D eigenvalue weighted by molar-refractivity contribution is 5.86. The zero-order valence-electron chi connectivity index (χ0n) is 21.1. The van der Waals surface area contributed by atoms with Crippen molar-refractivity contribution in [3.63, 3.8) is 0 Å². The van der Waals surface area contributed by atoms with E-state index in [1.54, 1.807) is 12.1 Å². The zero-order chi connectivity index (χ0) is 27.6. The first-order valence-electron chi connectivity index (χ1n) is 12.3. The minimum absolute atomic E-state index is 0.0739. The van der Waals surface area contributed by atoms with Crippen LogP contribution in [0.3, 0.4) is 0 Å². The van der Waals surface area contributed by atoms with Crippen LogP contribution in [0.15, 0.2) is 24.0 Å². The fraction of sp³-hybridized carbons (Fsp3) is 0.538. The molecule has 1 spiro atoms. The van der Waals surface area contributed by atoms with E-state index < -0.39 is 59.6 Å². The van der Waals surface area contributed by atoms with Gasteiger partial charge in [-0.2, -0.15) is 0 Å². The van der Waals surface area contributed by atoms with Crippen molar-refractivity contribution in [3.8, 4) is 11.5 Å². The smallest absolute Gasteiger partial charge is 0.352 e. The molecule has 5 rings (SSSR count). The summed E-state index contributed by atoms with van der Waals surface area (Å²) in [5.41, 5.74) is -0.517. The number of carbonyl (C=O) groups is 4. The van der Waals surface area contributed by atoms with Crippen LogP contribution in [0.2, 0.25) is 0 Å². The first-order valence-corrected chi connectivity index (χ1v) is 12.3. The van der Waals surface area contributed by atoms with Gasteiger partial charge in [0.1, 0.15) is 5.76 Å². The van der Waals surface area contributed by atoms with Crippen molar-refractivity contribution in [2.24, 2.45) is 0 Å². The lowest BCUT2D eigenvalue weighted by molar-refractivity contribution is -0.181. The van der Waals surface area contributed by atoms with Gasteiger partial charge in [0.05, 0.1) is 17.4 Å². The summed E-state index contributed by atoms with van der Waals surface area (Å²) < 4.78 is 21.6. The fourth-order valence-electron chi connectivity index (χ4n) is 6.47. The molecule has 12 nitrogen and oxygen atoms in total. The van der Waals surface area contributed by atoms with Gasteiger partial charge in [0, 0.05) is 24.9 Å². The second kappa shape index (κ2) is 8.98. The normalized spacial score (nSPS) is 30.2. The van der Waals surface area contributed by atoms with Gasteiger partial charge < -0.3 is 39.2 Å². The SMILES string of the molecule is CC(=O)O[C@@H](CC(=O)O)C(=O)O[C@@H](C)C(=O)OC1=CC[C@@]2(O)C3Cc4ccc(O)c5c4[C@@]2(CCN3C)[C@H]1O5. The number of likely N-dealkylation sites (N-methyl/N-ethyl adjacent to an activating group) is 1. The van der Waals surface area contributed by atoms with E-state index >= 15 is 0 Å². The third kappa shape index (κ3) is 3.73. The predicted octanol–water partition coefficient (Wildman–Crippen LogP) is 0.551. The molecule has 0 radical (unpaired) electrons. The average molecular weight is 532 g/mol. The Morgan fingerprint density at radius 1 is 1.21 bits per heavy atom. The van der Waals surface area contributed by atoms with Crippen molar-refractivity contribution in [1.82, 2.24) is 4.90 Å². The molecule has 2 aliphatic heterocycles. The lowest BCUT2D eigenvalue weighted by Gasteiger charge is -2.61. The highest BCUT2D eigenvalue weighted by Crippen LogP contribution is 2.65. The number of carboxylic acids is 1. The topological polar surface area (TPSA) is 169 Å². The van der Waals surface area contributed by atoms with E-state index in [1.165, 1.54) is 6.92 Å². The van der Waals surface area contributed by atoms with Crippen LogP contribution < -0.4 is 4.74 Å². The van der Waals surface area contributed by atoms with E-state index in [0.29, 0.717) is 19.4 Å². The Bertz CT molecular complexity index is 1240. The summed E-state index contributed by atoms with van der Waals surface area (Å²) >= 11 is 0. The molecule has 12 heteroatoms. The van der Waals surface area contributed by atoms with Crippen LogP contribution in [0.4, 0.5) is 0 Å². The molecule has 2 heterocycles. The lowest BCUT2D eigenvalue weighted by Crippen LogP contribution is -2.74. The van der Waals surface area contributed by atoms with Gasteiger partial charge in [-0.15, -0.1) is 0 Å². The molecule has 1 fully saturated rings. The number of rotatable bonds is 7. The van der Waals surface area contributed by atoms with Crippen LogP contribution in [0, 0.1) is 0 Å². The third-order valence-electron chi connectivity index (χ3n) is 8.13. The Kier molecular flexibility index (Phi) is 6.14. The van der Waals surface area contributed by atoms with Crippen LogP contribution in [0.1, 0.15) is 44.2 Å². The van der Waals surface area contributed by atoms with Gasteiger partial charge in [-0.1, -0.05) is 6.07 Å². The molecule has 3 N–H and O–H groups in total. The number of phenols is 1. The number of ether oxygens (including phenoxy) is 4. The van der Waals surface area contributed by atoms with Gasteiger partial charge in [0.15, 0.2) is 23.7 Å². The van der Waals surface area contributed by atoms with E-state index in [2.05, 4.69) is 4.90 Å². The summed E-state index contributed by atoms with van der Waals surface area (Å²) in [6.07, 6.45) is -2.13. The minimum atomic E-state index is -1.73. The van der Waals surface area contributed by atoms with Crippen LogP contribution in [-0.4, -0.2) is 87.6 Å². The van der Waals surface area contributed by atoms with E-state index in [1.807, 2.05) is 13.1 Å². The van der Waals surface area contributed by atoms with Crippen molar-refractivity contribution in [2.45, 2.75) is 74.9 Å². The summed E-state index contributed by atoms with van der Waals surface area (Å²) in [5, 5.41) is 31.7. The van der Waals surface area contributed by atoms with Crippen molar-refractivity contribution >= 4 is 23.9 Å². The highest BCUT2D eigenvalue weighted by atomic mass is 16.6. The maximum absolute atomic E-state index is 13.0. The van der Waals surface area contributed by atoms with Crippen molar-refractivity contribution in [3.05, 3.63) is 35.1 Å². The number of benzene rings is 1. The van der Waals surface area contributed by atoms with Crippen molar-refractivity contribution < 1.29 is 53.4 Å². The van der Waals surface area contributed by atoms with Crippen LogP contribution >= 0.6 is 0 Å². The largest absolute Gasteiger partial charge is 0.504 e. The Morgan fingerprint density at radius 3 is 2.63 bits per heavy atom. The number of aliphatic carboxylic acids is 1. The molecule has 38 heavy (non-hydrogen) atoms. The fourth-order valence-corrected chi connectivity index (χ4v) is 6.47. The Balaban J connectivity index is 1.40. The number of carboxylic acid groups (broad SMARTS) is 1. The zero-order valence-corrected chi connectivity index (χ0v) is 21.1. The molecule has 0 amide bonds. The molecule has 1 unspecified atom stereocenters. The summed E-state index contributed by atoms with van der Waals surface area (Å²) in [7, 11) is 1.95. The summed E-state index contributed by atoms with van der Waals surface area (Å²) in [4.78, 5) is 49.8. The molecule has 1 saturated heterocycles. The summed E-state index contributed by atoms with van der Waals surface area (Å²) in [5.74, 6) is -4.14. The maximum atomic E-state index is 13.0. The van der Waals surface area contributed by atoms with Gasteiger partial charge in [-0.05, 0) is 51.1 Å². The van der Waals surface area contributed by atoms with E-state index in [0.717, 1.165) is 18.1 Å². The molecule has 2 aliphatic carbocycles. The second-order valence-corrected chi connectivity index (χ2v) is 10.3. The predicted molar refractivity (Wildman–Crippen MR) is 126 cm³/mol. The van der Waals surface area contributed by atoms with Crippen LogP contribution in [-0.2, 0) is 45.2 Å². The number of aromatic hydroxyl groups is 1. The standard InChI is InChI=1S/C26H29NO11/c1-12(35-24(33)17(11-19(30)31)36-13(2)28)23(32)37-16-6-7-26(34)18-10-14-4-5-15(29)21-20(14)25(26,22(16)38-21)8-9-27(18)3/h4-6,12,17-18,22,29,34H,7-11H2,1-3H3,(H,30,31)/t12-,17-,18?,22-,25-,26+/m0/s1. The quantitative estimate of drug-likeness (QED) is 0.330. The molecule has 2 bridgehead atoms. The number of esters is 3. The molecule has 1 aromatic carbocycles. The van der Waals surface area contributed by atoms with E-state index in [-0.39, 0.29) is 29.7 Å². The third-order valence-corrected chi connectivity index (χ3v) is 8.13. The van der Waals surface area contributed by atoms with E-state index in [4.69, 9.17) is 24.1 Å². The summed E-state index contributed by atoms with van der Waals surface area (Å²) in [6.45, 7) is 2.90. The molecule has 6 atom stereocenters. The van der Waals surface area contributed by atoms with Crippen LogP contribution in [0.25, 0.3) is 0 Å². The highest BCUT2D eigenvalue weighted by Gasteiger charge is 2.72. The molecular formula is C26H29NO11. The Labute approximate surface area is 217 Å². The second-order valence-electron chi connectivity index (χ2n) is 10.3. The van der Waals surface area contributed by atoms with Gasteiger partial charge in [-0.25, -0.2) is 9.59 Å².